The summed E-state index contributed by atoms with van der Waals surface area (Å²) in [6.45, 7) is 9.81. The van der Waals surface area contributed by atoms with Gasteiger partial charge in [0.15, 0.2) is 0 Å². The van der Waals surface area contributed by atoms with Gasteiger partial charge >= 0.3 is 0 Å². The van der Waals surface area contributed by atoms with E-state index in [1.54, 1.807) is 0 Å². The van der Waals surface area contributed by atoms with E-state index < -0.39 is 0 Å². The topological polar surface area (TPSA) is 12.5 Å². The Morgan fingerprint density at radius 2 is 2.00 bits per heavy atom. The maximum Gasteiger partial charge on any atom is 0.0678 e. The Bertz CT molecular complexity index is 386. The van der Waals surface area contributed by atoms with Crippen LogP contribution in [0.5, 0.6) is 0 Å². The van der Waals surface area contributed by atoms with E-state index in [1.165, 1.54) is 5.56 Å². The number of hydrogen-bond donors (Lipinski definition) is 0. The smallest absolute Gasteiger partial charge is 0.0678 e. The summed E-state index contributed by atoms with van der Waals surface area (Å²) >= 11 is 3.54. The van der Waals surface area contributed by atoms with Crippen LogP contribution in [0.15, 0.2) is 28.7 Å². The van der Waals surface area contributed by atoms with Crippen LogP contribution in [0.3, 0.4) is 0 Å². The van der Waals surface area contributed by atoms with Crippen molar-refractivity contribution in [1.82, 2.24) is 4.90 Å². The third-order valence-electron chi connectivity index (χ3n) is 3.45. The van der Waals surface area contributed by atoms with Gasteiger partial charge in [-0.05, 0) is 37.5 Å². The van der Waals surface area contributed by atoms with E-state index in [2.05, 4.69) is 65.9 Å². The first-order valence-corrected chi connectivity index (χ1v) is 7.47. The van der Waals surface area contributed by atoms with Crippen LogP contribution in [0.4, 0.5) is 0 Å². The van der Waals surface area contributed by atoms with E-state index in [4.69, 9.17) is 4.74 Å². The molecule has 1 heterocycles. The fourth-order valence-corrected chi connectivity index (χ4v) is 3.16. The number of morpholine rings is 1. The van der Waals surface area contributed by atoms with Crippen LogP contribution in [-0.2, 0) is 4.74 Å². The lowest BCUT2D eigenvalue weighted by molar-refractivity contribution is -0.0689. The van der Waals surface area contributed by atoms with E-state index in [0.29, 0.717) is 18.1 Å². The van der Waals surface area contributed by atoms with Crippen molar-refractivity contribution in [2.45, 2.75) is 38.9 Å². The second-order valence-electron chi connectivity index (χ2n) is 5.43. The first kappa shape index (κ1) is 14.0. The molecule has 1 aliphatic heterocycles. The fraction of sp³-hybridized carbons (Fsp3) is 0.600. The van der Waals surface area contributed by atoms with Crippen molar-refractivity contribution in [1.29, 1.82) is 0 Å². The molecule has 0 N–H and O–H groups in total. The molecule has 2 nitrogen and oxygen atoms in total. The van der Waals surface area contributed by atoms with E-state index in [1.807, 2.05) is 0 Å². The molecule has 0 radical (unpaired) electrons. The average Bonchev–Trinajstić information content (AvgIpc) is 2.27. The van der Waals surface area contributed by atoms with Crippen LogP contribution in [0.2, 0.25) is 0 Å². The van der Waals surface area contributed by atoms with E-state index in [-0.39, 0.29) is 0 Å². The van der Waals surface area contributed by atoms with Gasteiger partial charge in [0.1, 0.15) is 0 Å². The van der Waals surface area contributed by atoms with E-state index in [9.17, 15) is 0 Å². The van der Waals surface area contributed by atoms with Crippen molar-refractivity contribution in [3.63, 3.8) is 0 Å². The Morgan fingerprint density at radius 1 is 1.33 bits per heavy atom. The van der Waals surface area contributed by atoms with Crippen LogP contribution in [0, 0.1) is 0 Å². The molecule has 100 valence electrons. The average molecular weight is 312 g/mol. The molecule has 1 aromatic rings. The summed E-state index contributed by atoms with van der Waals surface area (Å²) in [5.74, 6) is 0.556. The van der Waals surface area contributed by atoms with Crippen molar-refractivity contribution in [2.24, 2.45) is 0 Å². The van der Waals surface area contributed by atoms with Crippen molar-refractivity contribution >= 4 is 15.9 Å². The first-order chi connectivity index (χ1) is 8.54. The highest BCUT2D eigenvalue weighted by Gasteiger charge is 2.23. The van der Waals surface area contributed by atoms with Gasteiger partial charge in [-0.2, -0.15) is 0 Å². The molecule has 1 aliphatic rings. The molecule has 3 atom stereocenters. The van der Waals surface area contributed by atoms with Gasteiger partial charge in [0.05, 0.1) is 12.2 Å². The molecule has 0 saturated carbocycles. The zero-order valence-electron chi connectivity index (χ0n) is 11.4. The molecule has 3 heteroatoms. The minimum Gasteiger partial charge on any atom is -0.373 e. The second-order valence-corrected chi connectivity index (χ2v) is 6.35. The normalized spacial score (nSPS) is 27.1. The van der Waals surface area contributed by atoms with Crippen molar-refractivity contribution < 1.29 is 4.74 Å². The summed E-state index contributed by atoms with van der Waals surface area (Å²) in [5, 5.41) is 0. The molecule has 0 spiro atoms. The molecule has 0 aromatic heterocycles. The molecule has 2 rings (SSSR count). The van der Waals surface area contributed by atoms with Crippen LogP contribution < -0.4 is 0 Å². The van der Waals surface area contributed by atoms with Gasteiger partial charge in [0, 0.05) is 24.1 Å². The minimum atomic E-state index is 0.350. The van der Waals surface area contributed by atoms with Crippen molar-refractivity contribution in [3.05, 3.63) is 34.3 Å². The number of hydrogen-bond acceptors (Lipinski definition) is 2. The molecule has 1 aromatic carbocycles. The summed E-state index contributed by atoms with van der Waals surface area (Å²) in [6.07, 6.45) is 0.701. The molecular formula is C15H22BrNO. The zero-order valence-corrected chi connectivity index (χ0v) is 13.0. The van der Waals surface area contributed by atoms with Gasteiger partial charge in [0.2, 0.25) is 0 Å². The fourth-order valence-electron chi connectivity index (χ4n) is 2.74. The summed E-state index contributed by atoms with van der Waals surface area (Å²) < 4.78 is 6.94. The molecule has 3 unspecified atom stereocenters. The van der Waals surface area contributed by atoms with Gasteiger partial charge in [-0.1, -0.05) is 35.0 Å². The Balaban J connectivity index is 1.96. The van der Waals surface area contributed by atoms with Crippen LogP contribution in [-0.4, -0.2) is 36.7 Å². The van der Waals surface area contributed by atoms with Gasteiger partial charge in [0.25, 0.3) is 0 Å². The Hall–Kier alpha value is -0.380. The molecule has 1 saturated heterocycles. The zero-order chi connectivity index (χ0) is 13.1. The lowest BCUT2D eigenvalue weighted by Gasteiger charge is -2.36. The third kappa shape index (κ3) is 3.81. The minimum absolute atomic E-state index is 0.350. The summed E-state index contributed by atoms with van der Waals surface area (Å²) in [4.78, 5) is 2.52. The van der Waals surface area contributed by atoms with Gasteiger partial charge in [-0.15, -0.1) is 0 Å². The largest absolute Gasteiger partial charge is 0.373 e. The predicted molar refractivity (Wildman–Crippen MR) is 79.0 cm³/mol. The number of nitrogens with zero attached hydrogens (tertiary/aromatic N) is 1. The molecule has 0 aliphatic carbocycles. The van der Waals surface area contributed by atoms with Crippen LogP contribution in [0.1, 0.15) is 32.3 Å². The lowest BCUT2D eigenvalue weighted by Crippen LogP contribution is -2.46. The lowest BCUT2D eigenvalue weighted by atomic mass is 10.00. The quantitative estimate of drug-likeness (QED) is 0.844. The Labute approximate surface area is 118 Å². The Morgan fingerprint density at radius 3 is 2.61 bits per heavy atom. The number of halogens is 1. The van der Waals surface area contributed by atoms with E-state index in [0.717, 1.165) is 24.1 Å². The van der Waals surface area contributed by atoms with Crippen LogP contribution >= 0.6 is 15.9 Å². The maximum absolute atomic E-state index is 5.77. The SMILES string of the molecule is CC1CN(CC(C)c2cccc(Br)c2)CC(C)O1. The highest BCUT2D eigenvalue weighted by atomic mass is 79.9. The monoisotopic (exact) mass is 311 g/mol. The highest BCUT2D eigenvalue weighted by molar-refractivity contribution is 9.10. The maximum atomic E-state index is 5.77. The number of rotatable bonds is 3. The highest BCUT2D eigenvalue weighted by Crippen LogP contribution is 2.22. The van der Waals surface area contributed by atoms with Crippen LogP contribution in [0.25, 0.3) is 0 Å². The van der Waals surface area contributed by atoms with Gasteiger partial charge in [-0.3, -0.25) is 4.90 Å². The standard InChI is InChI=1S/C15H22BrNO/c1-11(14-5-4-6-15(16)7-14)8-17-9-12(2)18-13(3)10-17/h4-7,11-13H,8-10H2,1-3H3. The molecule has 1 fully saturated rings. The van der Waals surface area contributed by atoms with Crippen molar-refractivity contribution in [3.8, 4) is 0 Å². The molecule has 0 amide bonds. The van der Waals surface area contributed by atoms with Gasteiger partial charge < -0.3 is 4.74 Å². The number of ether oxygens (including phenoxy) is 1. The molecule has 0 bridgehead atoms. The van der Waals surface area contributed by atoms with E-state index >= 15 is 0 Å². The molecule has 18 heavy (non-hydrogen) atoms. The first-order valence-electron chi connectivity index (χ1n) is 6.68. The summed E-state index contributed by atoms with van der Waals surface area (Å²) in [6, 6.07) is 8.62. The third-order valence-corrected chi connectivity index (χ3v) is 3.94. The molecular weight excluding hydrogens is 290 g/mol. The Kier molecular flexibility index (Phi) is 4.82. The summed E-state index contributed by atoms with van der Waals surface area (Å²) in [5.41, 5.74) is 1.40. The number of benzene rings is 1. The predicted octanol–water partition coefficient (Wildman–Crippen LogP) is 3.66. The van der Waals surface area contributed by atoms with Crippen molar-refractivity contribution in [2.75, 3.05) is 19.6 Å². The summed E-state index contributed by atoms with van der Waals surface area (Å²) in [7, 11) is 0. The van der Waals surface area contributed by atoms with Gasteiger partial charge in [-0.25, -0.2) is 0 Å². The second kappa shape index (κ2) is 6.18.